The van der Waals surface area contributed by atoms with E-state index in [0.29, 0.717) is 5.69 Å². The zero-order valence-electron chi connectivity index (χ0n) is 9.73. The normalized spacial score (nSPS) is 16.7. The first-order valence-corrected chi connectivity index (χ1v) is 7.21. The Morgan fingerprint density at radius 3 is 2.56 bits per heavy atom. The standard InChI is InChI=1S/C12H14FNO3S/c13-18(16,17)11-7-3-6-10(8-11)14-12(15)9-4-1-2-5-9/h3,6-9H,1-2,4-5H2,(H,14,15). The topological polar surface area (TPSA) is 63.2 Å². The molecule has 1 N–H and O–H groups in total. The van der Waals surface area contributed by atoms with Crippen molar-refractivity contribution in [2.24, 2.45) is 5.92 Å². The van der Waals surface area contributed by atoms with E-state index in [1.54, 1.807) is 6.07 Å². The Hall–Kier alpha value is -1.43. The second-order valence-corrected chi connectivity index (χ2v) is 5.78. The SMILES string of the molecule is O=C(Nc1cccc(S(=O)(=O)F)c1)C1CCCC1. The van der Waals surface area contributed by atoms with Gasteiger partial charge in [-0.05, 0) is 31.0 Å². The van der Waals surface area contributed by atoms with E-state index in [0.717, 1.165) is 37.8 Å². The molecule has 2 rings (SSSR count). The lowest BCUT2D eigenvalue weighted by Crippen LogP contribution is -2.20. The molecule has 1 amide bonds. The molecule has 18 heavy (non-hydrogen) atoms. The minimum atomic E-state index is -4.73. The lowest BCUT2D eigenvalue weighted by atomic mass is 10.1. The third-order valence-electron chi connectivity index (χ3n) is 3.11. The number of anilines is 1. The van der Waals surface area contributed by atoms with Gasteiger partial charge in [-0.1, -0.05) is 18.9 Å². The van der Waals surface area contributed by atoms with E-state index >= 15 is 0 Å². The number of carbonyl (C=O) groups excluding carboxylic acids is 1. The number of hydrogen-bond donors (Lipinski definition) is 1. The van der Waals surface area contributed by atoms with Crippen molar-refractivity contribution in [1.29, 1.82) is 0 Å². The molecule has 1 aromatic carbocycles. The van der Waals surface area contributed by atoms with E-state index in [4.69, 9.17) is 0 Å². The molecule has 0 aliphatic heterocycles. The molecule has 98 valence electrons. The number of hydrogen-bond acceptors (Lipinski definition) is 3. The lowest BCUT2D eigenvalue weighted by Gasteiger charge is -2.10. The van der Waals surface area contributed by atoms with Gasteiger partial charge < -0.3 is 5.32 Å². The van der Waals surface area contributed by atoms with Crippen molar-refractivity contribution in [2.45, 2.75) is 30.6 Å². The fourth-order valence-electron chi connectivity index (χ4n) is 2.16. The van der Waals surface area contributed by atoms with Crippen LogP contribution >= 0.6 is 0 Å². The van der Waals surface area contributed by atoms with Gasteiger partial charge in [-0.2, -0.15) is 8.42 Å². The molecule has 0 heterocycles. The predicted molar refractivity (Wildman–Crippen MR) is 65.3 cm³/mol. The molecular weight excluding hydrogens is 257 g/mol. The molecule has 0 atom stereocenters. The summed E-state index contributed by atoms with van der Waals surface area (Å²) in [6.07, 6.45) is 3.79. The van der Waals surface area contributed by atoms with Gasteiger partial charge in [0.25, 0.3) is 0 Å². The number of nitrogens with one attached hydrogen (secondary N) is 1. The molecular formula is C12H14FNO3S. The molecule has 4 nitrogen and oxygen atoms in total. The van der Waals surface area contributed by atoms with Crippen molar-refractivity contribution in [3.63, 3.8) is 0 Å². The van der Waals surface area contributed by atoms with Gasteiger partial charge >= 0.3 is 10.2 Å². The summed E-state index contributed by atoms with van der Waals surface area (Å²) >= 11 is 0. The fourth-order valence-corrected chi connectivity index (χ4v) is 2.67. The first-order valence-electron chi connectivity index (χ1n) is 5.82. The van der Waals surface area contributed by atoms with Crippen LogP contribution in [-0.4, -0.2) is 14.3 Å². The molecule has 1 fully saturated rings. The van der Waals surface area contributed by atoms with Crippen LogP contribution in [0.25, 0.3) is 0 Å². The van der Waals surface area contributed by atoms with Crippen molar-refractivity contribution in [1.82, 2.24) is 0 Å². The van der Waals surface area contributed by atoms with E-state index in [2.05, 4.69) is 5.32 Å². The summed E-state index contributed by atoms with van der Waals surface area (Å²) in [5, 5.41) is 2.63. The molecule has 1 aliphatic carbocycles. The fraction of sp³-hybridized carbons (Fsp3) is 0.417. The summed E-state index contributed by atoms with van der Waals surface area (Å²) in [7, 11) is -4.73. The van der Waals surface area contributed by atoms with Gasteiger partial charge in [0, 0.05) is 11.6 Å². The van der Waals surface area contributed by atoms with Crippen LogP contribution in [0.2, 0.25) is 0 Å². The zero-order chi connectivity index (χ0) is 13.2. The predicted octanol–water partition coefficient (Wildman–Crippen LogP) is 2.47. The van der Waals surface area contributed by atoms with Crippen LogP contribution in [0, 0.1) is 5.92 Å². The highest BCUT2D eigenvalue weighted by atomic mass is 32.3. The average Bonchev–Trinajstić information content (AvgIpc) is 2.81. The maximum atomic E-state index is 12.8. The van der Waals surface area contributed by atoms with E-state index < -0.39 is 15.1 Å². The Kier molecular flexibility index (Phi) is 3.65. The molecule has 0 bridgehead atoms. The van der Waals surface area contributed by atoms with Crippen LogP contribution in [0.1, 0.15) is 25.7 Å². The van der Waals surface area contributed by atoms with Gasteiger partial charge in [-0.25, -0.2) is 0 Å². The van der Waals surface area contributed by atoms with Crippen LogP contribution in [0.15, 0.2) is 29.2 Å². The number of halogens is 1. The van der Waals surface area contributed by atoms with Crippen molar-refractivity contribution in [3.05, 3.63) is 24.3 Å². The van der Waals surface area contributed by atoms with E-state index in [9.17, 15) is 17.1 Å². The minimum Gasteiger partial charge on any atom is -0.326 e. The zero-order valence-corrected chi connectivity index (χ0v) is 10.5. The smallest absolute Gasteiger partial charge is 0.326 e. The molecule has 1 aliphatic rings. The van der Waals surface area contributed by atoms with E-state index in [1.165, 1.54) is 6.07 Å². The molecule has 0 unspecified atom stereocenters. The number of carbonyl (C=O) groups is 1. The molecule has 0 saturated heterocycles. The molecule has 6 heteroatoms. The van der Waals surface area contributed by atoms with Crippen LogP contribution in [0.4, 0.5) is 9.57 Å². The van der Waals surface area contributed by atoms with Crippen LogP contribution in [0.3, 0.4) is 0 Å². The van der Waals surface area contributed by atoms with Gasteiger partial charge in [0.05, 0.1) is 0 Å². The van der Waals surface area contributed by atoms with Gasteiger partial charge in [0.2, 0.25) is 5.91 Å². The van der Waals surface area contributed by atoms with Gasteiger partial charge in [0.1, 0.15) is 4.90 Å². The molecule has 1 saturated carbocycles. The lowest BCUT2D eigenvalue weighted by molar-refractivity contribution is -0.119. The largest absolute Gasteiger partial charge is 0.332 e. The van der Waals surface area contributed by atoms with Crippen molar-refractivity contribution in [3.8, 4) is 0 Å². The van der Waals surface area contributed by atoms with Gasteiger partial charge in [0.15, 0.2) is 0 Å². The van der Waals surface area contributed by atoms with Gasteiger partial charge in [-0.15, -0.1) is 3.89 Å². The maximum absolute atomic E-state index is 12.8. The first kappa shape index (κ1) is 13.0. The monoisotopic (exact) mass is 271 g/mol. The van der Waals surface area contributed by atoms with Crippen LogP contribution < -0.4 is 5.32 Å². The van der Waals surface area contributed by atoms with Gasteiger partial charge in [-0.3, -0.25) is 4.79 Å². The number of benzene rings is 1. The second kappa shape index (κ2) is 5.06. The van der Waals surface area contributed by atoms with Crippen molar-refractivity contribution in [2.75, 3.05) is 5.32 Å². The maximum Gasteiger partial charge on any atom is 0.332 e. The molecule has 0 radical (unpaired) electrons. The van der Waals surface area contributed by atoms with Crippen LogP contribution in [-0.2, 0) is 15.0 Å². The molecule has 0 spiro atoms. The molecule has 1 aromatic rings. The third kappa shape index (κ3) is 3.07. The quantitative estimate of drug-likeness (QED) is 0.859. The van der Waals surface area contributed by atoms with Crippen LogP contribution in [0.5, 0.6) is 0 Å². The summed E-state index contributed by atoms with van der Waals surface area (Å²) in [4.78, 5) is 11.4. The number of rotatable bonds is 3. The summed E-state index contributed by atoms with van der Waals surface area (Å²) in [6, 6.07) is 5.22. The Bertz CT molecular complexity index is 550. The number of amides is 1. The first-order chi connectivity index (χ1) is 8.47. The van der Waals surface area contributed by atoms with E-state index in [1.807, 2.05) is 0 Å². The minimum absolute atomic E-state index is 0.0179. The summed E-state index contributed by atoms with van der Waals surface area (Å²) < 4.78 is 34.3. The summed E-state index contributed by atoms with van der Waals surface area (Å²) in [6.45, 7) is 0. The Morgan fingerprint density at radius 1 is 1.28 bits per heavy atom. The highest BCUT2D eigenvalue weighted by Gasteiger charge is 2.23. The van der Waals surface area contributed by atoms with Crippen molar-refractivity contribution < 1.29 is 17.1 Å². The highest BCUT2D eigenvalue weighted by molar-refractivity contribution is 7.86. The Balaban J connectivity index is 2.12. The van der Waals surface area contributed by atoms with Crippen molar-refractivity contribution >= 4 is 21.8 Å². The highest BCUT2D eigenvalue weighted by Crippen LogP contribution is 2.26. The summed E-state index contributed by atoms with van der Waals surface area (Å²) in [5.41, 5.74) is 0.311. The van der Waals surface area contributed by atoms with E-state index in [-0.39, 0.29) is 11.8 Å². The Labute approximate surface area is 105 Å². The Morgan fingerprint density at radius 2 is 1.94 bits per heavy atom. The molecule has 0 aromatic heterocycles. The second-order valence-electron chi connectivity index (χ2n) is 4.44. The third-order valence-corrected chi connectivity index (χ3v) is 3.93. The average molecular weight is 271 g/mol. The summed E-state index contributed by atoms with van der Waals surface area (Å²) in [5.74, 6) is -0.142.